The molecule has 1 aliphatic rings. The molecule has 0 unspecified atom stereocenters. The number of fused-ring (bicyclic) bond motifs is 2. The molecule has 8 heteroatoms. The van der Waals surface area contributed by atoms with Gasteiger partial charge in [-0.2, -0.15) is 0 Å². The lowest BCUT2D eigenvalue weighted by Crippen LogP contribution is -2.25. The summed E-state index contributed by atoms with van der Waals surface area (Å²) < 4.78 is 9.73. The van der Waals surface area contributed by atoms with E-state index in [9.17, 15) is 9.59 Å². The summed E-state index contributed by atoms with van der Waals surface area (Å²) in [7, 11) is 1.71. The molecule has 0 bridgehead atoms. The molecule has 1 aromatic heterocycles. The van der Waals surface area contributed by atoms with Crippen LogP contribution in [0.2, 0.25) is 0 Å². The van der Waals surface area contributed by atoms with Gasteiger partial charge < -0.3 is 15.0 Å². The Labute approximate surface area is 159 Å². The lowest BCUT2D eigenvalue weighted by molar-refractivity contribution is 0.0990. The van der Waals surface area contributed by atoms with Crippen LogP contribution in [0.5, 0.6) is 11.5 Å². The van der Waals surface area contributed by atoms with Crippen molar-refractivity contribution < 1.29 is 14.3 Å². The maximum Gasteiger partial charge on any atom is 0.269 e. The van der Waals surface area contributed by atoms with Gasteiger partial charge in [-0.15, -0.1) is 5.10 Å². The Morgan fingerprint density at radius 3 is 2.67 bits per heavy atom. The van der Waals surface area contributed by atoms with Crippen molar-refractivity contribution in [2.75, 3.05) is 17.3 Å². The van der Waals surface area contributed by atoms with Crippen molar-refractivity contribution in [3.8, 4) is 11.5 Å². The molecule has 0 radical (unpaired) electrons. The van der Waals surface area contributed by atoms with Gasteiger partial charge in [0.25, 0.3) is 11.8 Å². The number of hydrogen-bond acceptors (Lipinski definition) is 6. The first-order chi connectivity index (χ1) is 12.9. The number of rotatable bonds is 2. The summed E-state index contributed by atoms with van der Waals surface area (Å²) in [4.78, 5) is 27.3. The number of aryl methyl sites for hydroxylation is 2. The van der Waals surface area contributed by atoms with E-state index in [-0.39, 0.29) is 11.8 Å². The fourth-order valence-electron chi connectivity index (χ4n) is 2.88. The molecule has 1 aliphatic heterocycles. The van der Waals surface area contributed by atoms with Crippen LogP contribution < -0.4 is 15.0 Å². The second-order valence-electron chi connectivity index (χ2n) is 6.29. The van der Waals surface area contributed by atoms with Gasteiger partial charge in [0, 0.05) is 12.7 Å². The van der Waals surface area contributed by atoms with Gasteiger partial charge in [0.15, 0.2) is 5.75 Å². The summed E-state index contributed by atoms with van der Waals surface area (Å²) in [5.74, 6) is 0.541. The molecule has 0 saturated heterocycles. The highest BCUT2D eigenvalue weighted by atomic mass is 32.1. The minimum atomic E-state index is -0.309. The molecule has 0 spiro atoms. The van der Waals surface area contributed by atoms with Crippen molar-refractivity contribution >= 4 is 34.7 Å². The van der Waals surface area contributed by atoms with E-state index >= 15 is 0 Å². The predicted molar refractivity (Wildman–Crippen MR) is 103 cm³/mol. The van der Waals surface area contributed by atoms with Gasteiger partial charge >= 0.3 is 0 Å². The molecule has 3 aromatic rings. The van der Waals surface area contributed by atoms with Crippen molar-refractivity contribution in [3.05, 3.63) is 58.1 Å². The lowest BCUT2D eigenvalue weighted by atomic mass is 10.1. The Balaban J connectivity index is 1.69. The minimum absolute atomic E-state index is 0.207. The fraction of sp³-hybridized carbons (Fsp3) is 0.158. The summed E-state index contributed by atoms with van der Waals surface area (Å²) in [5.41, 5.74) is 3.18. The van der Waals surface area contributed by atoms with Crippen LogP contribution in [-0.4, -0.2) is 28.4 Å². The second kappa shape index (κ2) is 6.48. The molecule has 7 nitrogen and oxygen atoms in total. The van der Waals surface area contributed by atoms with Gasteiger partial charge in [-0.05, 0) is 61.3 Å². The number of hydrogen-bond donors (Lipinski definition) is 1. The predicted octanol–water partition coefficient (Wildman–Crippen LogP) is 3.79. The third-order valence-corrected chi connectivity index (χ3v) is 5.15. The van der Waals surface area contributed by atoms with Gasteiger partial charge in [-0.1, -0.05) is 10.6 Å². The number of carbonyl (C=O) groups is 2. The smallest absolute Gasteiger partial charge is 0.269 e. The number of nitrogens with one attached hydrogen (secondary N) is 1. The monoisotopic (exact) mass is 380 g/mol. The molecule has 4 rings (SSSR count). The second-order valence-corrected chi connectivity index (χ2v) is 7.04. The number of nitrogens with zero attached hydrogens (tertiary/aromatic N) is 3. The maximum absolute atomic E-state index is 12.9. The highest BCUT2D eigenvalue weighted by molar-refractivity contribution is 7.08. The Hall–Kier alpha value is -3.26. The summed E-state index contributed by atoms with van der Waals surface area (Å²) in [5, 5.41) is 6.63. The number of ether oxygens (including phenoxy) is 1. The number of benzene rings is 2. The standard InChI is InChI=1S/C19H16N4O3S/c1-10-4-6-16-14(8-10)23(3)19(25)13-9-12(5-7-15(13)26-16)20-18(24)17-11(2)21-22-27-17/h4-9H,1-3H3,(H,20,24). The van der Waals surface area contributed by atoms with Gasteiger partial charge in [-0.3, -0.25) is 9.59 Å². The van der Waals surface area contributed by atoms with E-state index in [0.29, 0.717) is 39.0 Å². The van der Waals surface area contributed by atoms with Crippen LogP contribution in [0.1, 0.15) is 31.3 Å². The van der Waals surface area contributed by atoms with Crippen LogP contribution in [0.3, 0.4) is 0 Å². The zero-order valence-electron chi connectivity index (χ0n) is 14.9. The Morgan fingerprint density at radius 1 is 1.15 bits per heavy atom. The van der Waals surface area contributed by atoms with Crippen molar-refractivity contribution in [1.29, 1.82) is 0 Å². The number of amides is 2. The van der Waals surface area contributed by atoms with Crippen LogP contribution in [-0.2, 0) is 0 Å². The molecule has 2 aromatic carbocycles. The van der Waals surface area contributed by atoms with Gasteiger partial charge in [-0.25, -0.2) is 0 Å². The quantitative estimate of drug-likeness (QED) is 0.731. The third kappa shape index (κ3) is 3.04. The lowest BCUT2D eigenvalue weighted by Gasteiger charge is -2.16. The Kier molecular flexibility index (Phi) is 4.12. The minimum Gasteiger partial charge on any atom is -0.454 e. The van der Waals surface area contributed by atoms with Gasteiger partial charge in [0.2, 0.25) is 0 Å². The highest BCUT2D eigenvalue weighted by Gasteiger charge is 2.26. The van der Waals surface area contributed by atoms with E-state index < -0.39 is 0 Å². The van der Waals surface area contributed by atoms with Crippen molar-refractivity contribution in [1.82, 2.24) is 9.59 Å². The molecular weight excluding hydrogens is 364 g/mol. The van der Waals surface area contributed by atoms with Crippen molar-refractivity contribution in [2.45, 2.75) is 13.8 Å². The third-order valence-electron chi connectivity index (χ3n) is 4.33. The normalized spacial score (nSPS) is 12.7. The van der Waals surface area contributed by atoms with Gasteiger partial charge in [0.05, 0.1) is 16.9 Å². The number of anilines is 2. The van der Waals surface area contributed by atoms with E-state index in [1.807, 2.05) is 25.1 Å². The summed E-state index contributed by atoms with van der Waals surface area (Å²) in [6, 6.07) is 10.7. The van der Waals surface area contributed by atoms with Crippen LogP contribution in [0, 0.1) is 13.8 Å². The van der Waals surface area contributed by atoms with E-state index in [1.54, 1.807) is 37.1 Å². The molecule has 2 heterocycles. The molecule has 0 saturated carbocycles. The molecule has 0 fully saturated rings. The topological polar surface area (TPSA) is 84.4 Å². The van der Waals surface area contributed by atoms with Crippen LogP contribution >= 0.6 is 11.5 Å². The fourth-order valence-corrected chi connectivity index (χ4v) is 3.43. The molecule has 136 valence electrons. The summed E-state index contributed by atoms with van der Waals surface area (Å²) in [6.07, 6.45) is 0. The SMILES string of the molecule is Cc1ccc2c(c1)N(C)C(=O)c1cc(NC(=O)c3snnc3C)ccc1O2. The summed E-state index contributed by atoms with van der Waals surface area (Å²) >= 11 is 1.03. The van der Waals surface area contributed by atoms with E-state index in [0.717, 1.165) is 17.1 Å². The molecule has 1 N–H and O–H groups in total. The first-order valence-electron chi connectivity index (χ1n) is 8.25. The average molecular weight is 380 g/mol. The first-order valence-corrected chi connectivity index (χ1v) is 9.02. The molecule has 0 aliphatic carbocycles. The van der Waals surface area contributed by atoms with Crippen LogP contribution in [0.4, 0.5) is 11.4 Å². The molecule has 0 atom stereocenters. The summed E-state index contributed by atoms with van der Waals surface area (Å²) in [6.45, 7) is 3.68. The van der Waals surface area contributed by atoms with Crippen molar-refractivity contribution in [3.63, 3.8) is 0 Å². The largest absolute Gasteiger partial charge is 0.454 e. The zero-order chi connectivity index (χ0) is 19.1. The zero-order valence-corrected chi connectivity index (χ0v) is 15.8. The Bertz CT molecular complexity index is 1080. The molecule has 2 amide bonds. The number of aromatic nitrogens is 2. The average Bonchev–Trinajstić information content (AvgIpc) is 3.05. The molecule has 27 heavy (non-hydrogen) atoms. The van der Waals surface area contributed by atoms with E-state index in [4.69, 9.17) is 4.74 Å². The maximum atomic E-state index is 12.9. The number of carbonyl (C=O) groups excluding carboxylic acids is 2. The van der Waals surface area contributed by atoms with Gasteiger partial charge in [0.1, 0.15) is 10.6 Å². The van der Waals surface area contributed by atoms with E-state index in [1.165, 1.54) is 0 Å². The Morgan fingerprint density at radius 2 is 1.93 bits per heavy atom. The highest BCUT2D eigenvalue weighted by Crippen LogP contribution is 2.39. The first kappa shape index (κ1) is 17.2. The van der Waals surface area contributed by atoms with Crippen molar-refractivity contribution in [2.24, 2.45) is 0 Å². The van der Waals surface area contributed by atoms with E-state index in [2.05, 4.69) is 14.9 Å². The van der Waals surface area contributed by atoms with Crippen LogP contribution in [0.15, 0.2) is 36.4 Å². The van der Waals surface area contributed by atoms with Crippen LogP contribution in [0.25, 0.3) is 0 Å². The molecular formula is C19H16N4O3S.